The number of nitrogen functional groups attached to an aromatic ring is 1. The summed E-state index contributed by atoms with van der Waals surface area (Å²) in [4.78, 5) is 2.26. The molecule has 1 fully saturated rings. The maximum atomic E-state index is 15.5. The summed E-state index contributed by atoms with van der Waals surface area (Å²) >= 11 is 6.16. The van der Waals surface area contributed by atoms with Crippen LogP contribution >= 0.6 is 11.6 Å². The van der Waals surface area contributed by atoms with Crippen molar-refractivity contribution in [2.75, 3.05) is 18.8 Å². The Morgan fingerprint density at radius 2 is 1.66 bits per heavy atom. The first kappa shape index (κ1) is 25.8. The number of aromatic nitrogens is 2. The van der Waals surface area contributed by atoms with Gasteiger partial charge in [0.15, 0.2) is 0 Å². The molecule has 0 radical (unpaired) electrons. The molecule has 9 heteroatoms. The summed E-state index contributed by atoms with van der Waals surface area (Å²) in [6, 6.07) is 21.4. The fourth-order valence-corrected chi connectivity index (χ4v) is 5.60. The fourth-order valence-electron chi connectivity index (χ4n) is 5.47. The monoisotopic (exact) mass is 533 g/mol. The number of rotatable bonds is 7. The minimum Gasteiger partial charge on any atom is -0.404 e. The highest BCUT2D eigenvalue weighted by Gasteiger charge is 2.45. The SMILES string of the molecule is CC(C)(F)[C@H](c1cc(F)cc(C#N)c1)C1CN(C(c2ccc(Cl)cc2)c2ccc(-c3nnc(N)o3)cc2)C1. The smallest absolute Gasteiger partial charge is 0.313 e. The van der Waals surface area contributed by atoms with Gasteiger partial charge in [0.05, 0.1) is 17.7 Å². The number of nitriles is 1. The first-order chi connectivity index (χ1) is 18.1. The standard InChI is InChI=1S/C29H26ClF2N5O/c1-29(2,32)25(21-11-17(14-33)12-24(31)13-21)22-15-37(16-22)26(19-7-9-23(30)10-8-19)18-3-5-20(6-4-18)27-35-36-28(34)38-27/h3-13,22,25-26H,15-16H2,1-2H3,(H2,34,36)/t25-,26?/m1/s1. The largest absolute Gasteiger partial charge is 0.404 e. The van der Waals surface area contributed by atoms with Crippen molar-refractivity contribution in [2.45, 2.75) is 31.5 Å². The number of alkyl halides is 1. The lowest BCUT2D eigenvalue weighted by Gasteiger charge is -2.50. The van der Waals surface area contributed by atoms with Crippen LogP contribution in [0.1, 0.15) is 48.1 Å². The predicted octanol–water partition coefficient (Wildman–Crippen LogP) is 6.54. The van der Waals surface area contributed by atoms with Crippen molar-refractivity contribution < 1.29 is 13.2 Å². The van der Waals surface area contributed by atoms with Crippen molar-refractivity contribution in [1.82, 2.24) is 15.1 Å². The van der Waals surface area contributed by atoms with Crippen LogP contribution in [0.25, 0.3) is 11.5 Å². The average molecular weight is 534 g/mol. The highest BCUT2D eigenvalue weighted by molar-refractivity contribution is 6.30. The molecule has 0 aliphatic carbocycles. The van der Waals surface area contributed by atoms with Crippen LogP contribution in [0, 0.1) is 23.1 Å². The normalized spacial score (nSPS) is 16.0. The first-order valence-corrected chi connectivity index (χ1v) is 12.6. The van der Waals surface area contributed by atoms with Crippen molar-refractivity contribution in [3.05, 3.63) is 99.8 Å². The van der Waals surface area contributed by atoms with Crippen LogP contribution in [0.5, 0.6) is 0 Å². The molecule has 2 heterocycles. The molecule has 0 saturated carbocycles. The lowest BCUT2D eigenvalue weighted by molar-refractivity contribution is 0.00812. The van der Waals surface area contributed by atoms with Crippen molar-refractivity contribution >= 4 is 17.6 Å². The Kier molecular flexibility index (Phi) is 6.91. The van der Waals surface area contributed by atoms with E-state index in [-0.39, 0.29) is 23.5 Å². The number of benzene rings is 3. The number of halogens is 3. The number of likely N-dealkylation sites (tertiary alicyclic amines) is 1. The lowest BCUT2D eigenvalue weighted by Crippen LogP contribution is -2.53. The third-order valence-electron chi connectivity index (χ3n) is 7.02. The molecule has 1 unspecified atom stereocenters. The summed E-state index contributed by atoms with van der Waals surface area (Å²) in [7, 11) is 0. The molecule has 6 nitrogen and oxygen atoms in total. The Labute approximate surface area is 224 Å². The topological polar surface area (TPSA) is 92.0 Å². The van der Waals surface area contributed by atoms with Gasteiger partial charge < -0.3 is 10.2 Å². The van der Waals surface area contributed by atoms with E-state index in [9.17, 15) is 9.65 Å². The van der Waals surface area contributed by atoms with E-state index >= 15 is 4.39 Å². The van der Waals surface area contributed by atoms with E-state index in [1.807, 2.05) is 54.6 Å². The Hall–Kier alpha value is -3.80. The molecule has 194 valence electrons. The van der Waals surface area contributed by atoms with Gasteiger partial charge in [0.2, 0.25) is 5.89 Å². The summed E-state index contributed by atoms with van der Waals surface area (Å²) in [6.07, 6.45) is 0. The Morgan fingerprint density at radius 3 is 2.21 bits per heavy atom. The van der Waals surface area contributed by atoms with Gasteiger partial charge in [0.25, 0.3) is 0 Å². The van der Waals surface area contributed by atoms with Crippen LogP contribution in [0.15, 0.2) is 71.1 Å². The number of nitrogens with zero attached hydrogens (tertiary/aromatic N) is 4. The van der Waals surface area contributed by atoms with Crippen LogP contribution in [0.4, 0.5) is 14.8 Å². The summed E-state index contributed by atoms with van der Waals surface area (Å²) in [5, 5.41) is 17.6. The van der Waals surface area contributed by atoms with Crippen molar-refractivity contribution in [1.29, 1.82) is 5.26 Å². The molecule has 1 aromatic heterocycles. The molecule has 3 aromatic carbocycles. The second-order valence-corrected chi connectivity index (χ2v) is 10.6. The van der Waals surface area contributed by atoms with Gasteiger partial charge in [-0.1, -0.05) is 41.0 Å². The molecule has 0 spiro atoms. The van der Waals surface area contributed by atoms with E-state index in [0.29, 0.717) is 29.6 Å². The third kappa shape index (κ3) is 5.26. The second-order valence-electron chi connectivity index (χ2n) is 10.2. The second kappa shape index (κ2) is 10.2. The molecule has 5 rings (SSSR count). The molecule has 1 saturated heterocycles. The summed E-state index contributed by atoms with van der Waals surface area (Å²) < 4.78 is 35.1. The first-order valence-electron chi connectivity index (χ1n) is 12.2. The molecule has 0 bridgehead atoms. The van der Waals surface area contributed by atoms with Gasteiger partial charge in [-0.2, -0.15) is 5.26 Å². The summed E-state index contributed by atoms with van der Waals surface area (Å²) in [6.45, 7) is 4.20. The van der Waals surface area contributed by atoms with Crippen LogP contribution in [-0.2, 0) is 0 Å². The quantitative estimate of drug-likeness (QED) is 0.290. The molecular weight excluding hydrogens is 508 g/mol. The van der Waals surface area contributed by atoms with Gasteiger partial charge in [-0.05, 0) is 78.9 Å². The van der Waals surface area contributed by atoms with Crippen LogP contribution < -0.4 is 5.73 Å². The predicted molar refractivity (Wildman–Crippen MR) is 142 cm³/mol. The Balaban J connectivity index is 1.44. The highest BCUT2D eigenvalue weighted by Crippen LogP contribution is 2.45. The van der Waals surface area contributed by atoms with E-state index in [1.54, 1.807) is 6.07 Å². The maximum Gasteiger partial charge on any atom is 0.313 e. The lowest BCUT2D eigenvalue weighted by atomic mass is 9.72. The highest BCUT2D eigenvalue weighted by atomic mass is 35.5. The van der Waals surface area contributed by atoms with Gasteiger partial charge in [-0.3, -0.25) is 4.90 Å². The Bertz CT molecular complexity index is 1470. The summed E-state index contributed by atoms with van der Waals surface area (Å²) in [5.41, 5.74) is 7.45. The van der Waals surface area contributed by atoms with E-state index in [4.69, 9.17) is 21.8 Å². The number of nitrogens with two attached hydrogens (primary N) is 1. The molecule has 38 heavy (non-hydrogen) atoms. The molecule has 0 amide bonds. The zero-order valence-electron chi connectivity index (χ0n) is 20.9. The summed E-state index contributed by atoms with van der Waals surface area (Å²) in [5.74, 6) is -0.843. The maximum absolute atomic E-state index is 15.5. The molecule has 1 aliphatic rings. The average Bonchev–Trinajstić information content (AvgIpc) is 3.29. The minimum atomic E-state index is -1.61. The fraction of sp³-hybridized carbons (Fsp3) is 0.276. The molecule has 2 atom stereocenters. The third-order valence-corrected chi connectivity index (χ3v) is 7.27. The number of hydrogen-bond donors (Lipinski definition) is 1. The van der Waals surface area contributed by atoms with E-state index in [0.717, 1.165) is 16.7 Å². The van der Waals surface area contributed by atoms with E-state index < -0.39 is 17.4 Å². The zero-order chi connectivity index (χ0) is 27.0. The molecule has 2 N–H and O–H groups in total. The van der Waals surface area contributed by atoms with Crippen LogP contribution in [0.3, 0.4) is 0 Å². The number of hydrogen-bond acceptors (Lipinski definition) is 6. The van der Waals surface area contributed by atoms with Gasteiger partial charge in [0.1, 0.15) is 11.5 Å². The Morgan fingerprint density at radius 1 is 1.03 bits per heavy atom. The molecular formula is C29H26ClF2N5O. The zero-order valence-corrected chi connectivity index (χ0v) is 21.7. The van der Waals surface area contributed by atoms with Gasteiger partial charge in [0, 0.05) is 29.6 Å². The van der Waals surface area contributed by atoms with Crippen molar-refractivity contribution in [3.8, 4) is 17.5 Å². The van der Waals surface area contributed by atoms with E-state index in [1.165, 1.54) is 26.0 Å². The minimum absolute atomic E-state index is 0.000248. The van der Waals surface area contributed by atoms with Gasteiger partial charge in [-0.15, -0.1) is 5.10 Å². The van der Waals surface area contributed by atoms with Crippen LogP contribution in [-0.4, -0.2) is 33.9 Å². The molecule has 1 aliphatic heterocycles. The van der Waals surface area contributed by atoms with Gasteiger partial charge in [-0.25, -0.2) is 8.78 Å². The van der Waals surface area contributed by atoms with Crippen molar-refractivity contribution in [3.63, 3.8) is 0 Å². The van der Waals surface area contributed by atoms with Crippen molar-refractivity contribution in [2.24, 2.45) is 5.92 Å². The number of anilines is 1. The van der Waals surface area contributed by atoms with Crippen LogP contribution in [0.2, 0.25) is 5.02 Å². The molecule has 4 aromatic rings. The van der Waals surface area contributed by atoms with Gasteiger partial charge >= 0.3 is 6.01 Å². The van der Waals surface area contributed by atoms with E-state index in [2.05, 4.69) is 15.1 Å².